The van der Waals surface area contributed by atoms with Crippen molar-refractivity contribution in [3.05, 3.63) is 27.3 Å². The van der Waals surface area contributed by atoms with E-state index in [-0.39, 0.29) is 5.91 Å². The fourth-order valence-electron chi connectivity index (χ4n) is 2.86. The van der Waals surface area contributed by atoms with Crippen LogP contribution in [0.4, 0.5) is 5.69 Å². The van der Waals surface area contributed by atoms with Crippen molar-refractivity contribution in [1.82, 2.24) is 5.32 Å². The van der Waals surface area contributed by atoms with Crippen molar-refractivity contribution in [2.45, 2.75) is 57.9 Å². The number of anilines is 1. The third-order valence-corrected chi connectivity index (χ3v) is 4.79. The number of hydrogen-bond acceptors (Lipinski definition) is 2. The maximum absolute atomic E-state index is 12.1. The summed E-state index contributed by atoms with van der Waals surface area (Å²) in [5.74, 6) is 0.0568. The number of carbonyl (C=O) groups is 1. The topological polar surface area (TPSA) is 41.1 Å². The van der Waals surface area contributed by atoms with Crippen LogP contribution < -0.4 is 10.6 Å². The van der Waals surface area contributed by atoms with Gasteiger partial charge in [-0.3, -0.25) is 4.79 Å². The van der Waals surface area contributed by atoms with Crippen molar-refractivity contribution in [3.8, 4) is 0 Å². The molecular weight excluding hydrogens is 375 g/mol. The minimum absolute atomic E-state index is 0.0568. The van der Waals surface area contributed by atoms with E-state index in [1.165, 1.54) is 48.5 Å². The highest BCUT2D eigenvalue weighted by Gasteiger charge is 2.12. The van der Waals surface area contributed by atoms with E-state index in [9.17, 15) is 4.79 Å². The van der Waals surface area contributed by atoms with Gasteiger partial charge >= 0.3 is 0 Å². The van der Waals surface area contributed by atoms with Crippen molar-refractivity contribution >= 4 is 34.2 Å². The van der Waals surface area contributed by atoms with E-state index in [1.54, 1.807) is 0 Å². The molecule has 0 saturated heterocycles. The van der Waals surface area contributed by atoms with Gasteiger partial charge in [0.25, 0.3) is 0 Å². The summed E-state index contributed by atoms with van der Waals surface area (Å²) in [6, 6.07) is 6.59. The van der Waals surface area contributed by atoms with Gasteiger partial charge in [0, 0.05) is 15.3 Å². The molecule has 1 aliphatic rings. The summed E-state index contributed by atoms with van der Waals surface area (Å²) >= 11 is 2.28. The van der Waals surface area contributed by atoms with Crippen molar-refractivity contribution in [1.29, 1.82) is 0 Å². The number of hydrogen-bond donors (Lipinski definition) is 2. The molecule has 1 aromatic rings. The highest BCUT2D eigenvalue weighted by Crippen LogP contribution is 2.18. The molecule has 4 heteroatoms. The van der Waals surface area contributed by atoms with Crippen LogP contribution in [0.2, 0.25) is 0 Å². The summed E-state index contributed by atoms with van der Waals surface area (Å²) in [7, 11) is 0. The second-order valence-corrected chi connectivity index (χ2v) is 7.18. The predicted molar refractivity (Wildman–Crippen MR) is 96.6 cm³/mol. The minimum atomic E-state index is 0.0568. The van der Waals surface area contributed by atoms with Crippen LogP contribution in [0, 0.1) is 10.5 Å². The third kappa shape index (κ3) is 5.94. The van der Waals surface area contributed by atoms with Crippen molar-refractivity contribution in [2.24, 2.45) is 0 Å². The molecule has 0 unspecified atom stereocenters. The van der Waals surface area contributed by atoms with E-state index < -0.39 is 0 Å². The lowest BCUT2D eigenvalue weighted by molar-refractivity contribution is -0.115. The SMILES string of the molecule is Cc1cc(I)ccc1NC(=O)CNC1CCCCCCC1. The summed E-state index contributed by atoms with van der Waals surface area (Å²) in [4.78, 5) is 12.1. The lowest BCUT2D eigenvalue weighted by atomic mass is 9.97. The van der Waals surface area contributed by atoms with Crippen molar-refractivity contribution < 1.29 is 4.79 Å². The van der Waals surface area contributed by atoms with Crippen LogP contribution in [0.1, 0.15) is 50.5 Å². The Balaban J connectivity index is 1.78. The zero-order valence-electron chi connectivity index (χ0n) is 12.8. The van der Waals surface area contributed by atoms with Crippen LogP contribution in [0.15, 0.2) is 18.2 Å². The Bertz CT molecular complexity index is 468. The molecule has 0 radical (unpaired) electrons. The summed E-state index contributed by atoms with van der Waals surface area (Å²) < 4.78 is 1.19. The Labute approximate surface area is 141 Å². The summed E-state index contributed by atoms with van der Waals surface area (Å²) in [5, 5.41) is 6.43. The van der Waals surface area contributed by atoms with Crippen LogP contribution in [0.5, 0.6) is 0 Å². The highest BCUT2D eigenvalue weighted by atomic mass is 127. The molecule has 1 saturated carbocycles. The summed E-state index contributed by atoms with van der Waals surface area (Å²) in [6.07, 6.45) is 9.04. The van der Waals surface area contributed by atoms with Crippen molar-refractivity contribution in [3.63, 3.8) is 0 Å². The fraction of sp³-hybridized carbons (Fsp3) is 0.588. The zero-order chi connectivity index (χ0) is 15.1. The predicted octanol–water partition coefficient (Wildman–Crippen LogP) is 4.24. The Morgan fingerprint density at radius 1 is 1.19 bits per heavy atom. The molecule has 1 aliphatic carbocycles. The van der Waals surface area contributed by atoms with E-state index in [2.05, 4.69) is 39.3 Å². The number of nitrogens with one attached hydrogen (secondary N) is 2. The van der Waals surface area contributed by atoms with Crippen LogP contribution in [-0.4, -0.2) is 18.5 Å². The van der Waals surface area contributed by atoms with Gasteiger partial charge in [-0.25, -0.2) is 0 Å². The molecular formula is C17H25IN2O. The largest absolute Gasteiger partial charge is 0.325 e. The van der Waals surface area contributed by atoms with Gasteiger partial charge in [0.15, 0.2) is 0 Å². The lowest BCUT2D eigenvalue weighted by Gasteiger charge is -2.21. The molecule has 2 N–H and O–H groups in total. The van der Waals surface area contributed by atoms with Gasteiger partial charge < -0.3 is 10.6 Å². The number of halogens is 1. The van der Waals surface area contributed by atoms with Gasteiger partial charge in [-0.15, -0.1) is 0 Å². The zero-order valence-corrected chi connectivity index (χ0v) is 14.9. The first-order chi connectivity index (χ1) is 10.1. The molecule has 1 amide bonds. The Kier molecular flexibility index (Phi) is 6.96. The smallest absolute Gasteiger partial charge is 0.238 e. The molecule has 0 atom stereocenters. The minimum Gasteiger partial charge on any atom is -0.325 e. The lowest BCUT2D eigenvalue weighted by Crippen LogP contribution is -2.36. The Morgan fingerprint density at radius 3 is 2.52 bits per heavy atom. The van der Waals surface area contributed by atoms with Gasteiger partial charge in [-0.2, -0.15) is 0 Å². The van der Waals surface area contributed by atoms with E-state index in [4.69, 9.17) is 0 Å². The molecule has 0 aliphatic heterocycles. The van der Waals surface area contributed by atoms with Gasteiger partial charge in [0.1, 0.15) is 0 Å². The molecule has 1 fully saturated rings. The molecule has 21 heavy (non-hydrogen) atoms. The normalized spacial score (nSPS) is 17.0. The van der Waals surface area contributed by atoms with Crippen LogP contribution in [-0.2, 0) is 4.79 Å². The average Bonchev–Trinajstić information content (AvgIpc) is 2.41. The van der Waals surface area contributed by atoms with Gasteiger partial charge in [0.05, 0.1) is 6.54 Å². The van der Waals surface area contributed by atoms with Crippen LogP contribution in [0.3, 0.4) is 0 Å². The Hall–Kier alpha value is -0.620. The van der Waals surface area contributed by atoms with E-state index in [1.807, 2.05) is 19.1 Å². The Morgan fingerprint density at radius 2 is 1.86 bits per heavy atom. The van der Waals surface area contributed by atoms with Gasteiger partial charge in [-0.05, 0) is 66.1 Å². The quantitative estimate of drug-likeness (QED) is 0.743. The monoisotopic (exact) mass is 400 g/mol. The number of aryl methyl sites for hydroxylation is 1. The molecule has 0 spiro atoms. The molecule has 3 nitrogen and oxygen atoms in total. The number of carbonyl (C=O) groups excluding carboxylic acids is 1. The van der Waals surface area contributed by atoms with E-state index >= 15 is 0 Å². The van der Waals surface area contributed by atoms with Gasteiger partial charge in [-0.1, -0.05) is 32.1 Å². The molecule has 2 rings (SSSR count). The standard InChI is InChI=1S/C17H25IN2O/c1-13-11-14(18)9-10-16(13)20-17(21)12-19-15-7-5-3-2-4-6-8-15/h9-11,15,19H,2-8,12H2,1H3,(H,20,21). The van der Waals surface area contributed by atoms with E-state index in [0.717, 1.165) is 11.3 Å². The summed E-state index contributed by atoms with van der Waals surface area (Å²) in [6.45, 7) is 2.44. The molecule has 116 valence electrons. The first kappa shape index (κ1) is 16.7. The van der Waals surface area contributed by atoms with Crippen LogP contribution >= 0.6 is 22.6 Å². The average molecular weight is 400 g/mol. The van der Waals surface area contributed by atoms with E-state index in [0.29, 0.717) is 12.6 Å². The molecule has 0 aromatic heterocycles. The molecule has 1 aromatic carbocycles. The second kappa shape index (κ2) is 8.73. The molecule has 0 bridgehead atoms. The summed E-state index contributed by atoms with van der Waals surface area (Å²) in [5.41, 5.74) is 2.03. The number of amides is 1. The highest BCUT2D eigenvalue weighted by molar-refractivity contribution is 14.1. The third-order valence-electron chi connectivity index (χ3n) is 4.12. The maximum Gasteiger partial charge on any atom is 0.238 e. The first-order valence-electron chi connectivity index (χ1n) is 7.94. The second-order valence-electron chi connectivity index (χ2n) is 5.93. The maximum atomic E-state index is 12.1. The van der Waals surface area contributed by atoms with Gasteiger partial charge in [0.2, 0.25) is 5.91 Å². The van der Waals surface area contributed by atoms with Crippen molar-refractivity contribution in [2.75, 3.05) is 11.9 Å². The number of rotatable bonds is 4. The first-order valence-corrected chi connectivity index (χ1v) is 9.02. The fourth-order valence-corrected chi connectivity index (χ4v) is 3.51. The van der Waals surface area contributed by atoms with Crippen LogP contribution in [0.25, 0.3) is 0 Å². The number of benzene rings is 1. The molecule has 0 heterocycles.